The van der Waals surface area contributed by atoms with Gasteiger partial charge in [-0.2, -0.15) is 11.8 Å². The molecule has 0 bridgehead atoms. The van der Waals surface area contributed by atoms with Gasteiger partial charge in [0.15, 0.2) is 6.29 Å². The van der Waals surface area contributed by atoms with E-state index in [1.807, 2.05) is 24.8 Å². The summed E-state index contributed by atoms with van der Waals surface area (Å²) < 4.78 is 0. The molecule has 1 saturated heterocycles. The molecule has 84 valence electrons. The molecule has 2 aliphatic heterocycles. The van der Waals surface area contributed by atoms with E-state index in [-0.39, 0.29) is 0 Å². The minimum Gasteiger partial charge on any atom is -0.355 e. The van der Waals surface area contributed by atoms with Crippen LogP contribution in [0.4, 0.5) is 0 Å². The summed E-state index contributed by atoms with van der Waals surface area (Å²) in [7, 11) is 0. The second-order valence-corrected chi connectivity index (χ2v) is 4.86. The van der Waals surface area contributed by atoms with E-state index < -0.39 is 6.29 Å². The monoisotopic (exact) mass is 228 g/mol. The average Bonchev–Trinajstić information content (AvgIpc) is 2.26. The van der Waals surface area contributed by atoms with Crippen molar-refractivity contribution in [3.05, 3.63) is 11.8 Å². The van der Waals surface area contributed by atoms with Crippen LogP contribution >= 0.6 is 11.8 Å². The maximum absolute atomic E-state index is 9.47. The Kier molecular flexibility index (Phi) is 3.18. The van der Waals surface area contributed by atoms with Crippen LogP contribution in [-0.2, 0) is 0 Å². The van der Waals surface area contributed by atoms with E-state index in [9.17, 15) is 5.21 Å². The average molecular weight is 228 g/mol. The Bertz CT molecular complexity index is 298. The minimum atomic E-state index is -0.667. The number of aliphatic imine (C=N–C) groups is 1. The molecule has 0 aromatic rings. The fourth-order valence-electron chi connectivity index (χ4n) is 1.65. The van der Waals surface area contributed by atoms with Crippen LogP contribution in [0.5, 0.6) is 0 Å². The van der Waals surface area contributed by atoms with Gasteiger partial charge in [-0.15, -0.1) is 0 Å². The fourth-order valence-corrected chi connectivity index (χ4v) is 2.56. The fraction of sp³-hybridized carbons (Fsp3) is 0.667. The highest BCUT2D eigenvalue weighted by molar-refractivity contribution is 7.99. The van der Waals surface area contributed by atoms with E-state index in [1.54, 1.807) is 0 Å². The molecule has 2 rings (SSSR count). The lowest BCUT2D eigenvalue weighted by Gasteiger charge is -2.33. The van der Waals surface area contributed by atoms with Gasteiger partial charge in [-0.3, -0.25) is 10.9 Å². The lowest BCUT2D eigenvalue weighted by Crippen LogP contribution is -2.45. The van der Waals surface area contributed by atoms with Crippen molar-refractivity contribution < 1.29 is 5.21 Å². The molecule has 1 fully saturated rings. The zero-order chi connectivity index (χ0) is 10.8. The number of nitrogens with zero attached hydrogens (tertiary/aromatic N) is 3. The van der Waals surface area contributed by atoms with E-state index >= 15 is 0 Å². The van der Waals surface area contributed by atoms with Crippen LogP contribution in [0.15, 0.2) is 16.8 Å². The first kappa shape index (κ1) is 10.8. The van der Waals surface area contributed by atoms with Crippen LogP contribution in [0.2, 0.25) is 0 Å². The number of thioether (sulfide) groups is 1. The molecule has 0 spiro atoms. The Morgan fingerprint density at radius 3 is 2.80 bits per heavy atom. The molecule has 1 unspecified atom stereocenters. The van der Waals surface area contributed by atoms with Gasteiger partial charge in [-0.1, -0.05) is 0 Å². The minimum absolute atomic E-state index is 0.667. The lowest BCUT2D eigenvalue weighted by molar-refractivity contribution is -0.0900. The SMILES string of the molecule is CC1=CC(N2CCSCC2)=NC(N)N1O. The third-order valence-electron chi connectivity index (χ3n) is 2.55. The number of hydrogen-bond donors (Lipinski definition) is 2. The molecule has 0 aliphatic carbocycles. The summed E-state index contributed by atoms with van der Waals surface area (Å²) >= 11 is 1.96. The summed E-state index contributed by atoms with van der Waals surface area (Å²) in [6.45, 7) is 3.84. The molecular weight excluding hydrogens is 212 g/mol. The largest absolute Gasteiger partial charge is 0.355 e. The number of hydroxylamine groups is 2. The van der Waals surface area contributed by atoms with E-state index in [0.29, 0.717) is 0 Å². The van der Waals surface area contributed by atoms with Gasteiger partial charge in [0.2, 0.25) is 0 Å². The van der Waals surface area contributed by atoms with Gasteiger partial charge in [-0.05, 0) is 6.92 Å². The van der Waals surface area contributed by atoms with Crippen LogP contribution in [0.25, 0.3) is 0 Å². The molecule has 0 saturated carbocycles. The van der Waals surface area contributed by atoms with Crippen LogP contribution in [0, 0.1) is 0 Å². The zero-order valence-corrected chi connectivity index (χ0v) is 9.57. The van der Waals surface area contributed by atoms with Crippen LogP contribution < -0.4 is 5.73 Å². The lowest BCUT2D eigenvalue weighted by atomic mass is 10.3. The van der Waals surface area contributed by atoms with E-state index in [1.165, 1.54) is 0 Å². The van der Waals surface area contributed by atoms with Gasteiger partial charge < -0.3 is 4.90 Å². The van der Waals surface area contributed by atoms with Gasteiger partial charge >= 0.3 is 0 Å². The summed E-state index contributed by atoms with van der Waals surface area (Å²) in [4.78, 5) is 6.46. The standard InChI is InChI=1S/C9H16N4OS/c1-7-6-8(11-9(10)13(7)14)12-2-4-15-5-3-12/h6,9,14H,2-5,10H2,1H3. The Balaban J connectivity index is 2.12. The summed E-state index contributed by atoms with van der Waals surface area (Å²) in [5.74, 6) is 3.15. The Labute approximate surface area is 93.6 Å². The van der Waals surface area contributed by atoms with E-state index in [4.69, 9.17) is 5.73 Å². The predicted octanol–water partition coefficient (Wildman–Crippen LogP) is 0.285. The van der Waals surface area contributed by atoms with Gasteiger partial charge in [-0.25, -0.2) is 10.1 Å². The highest BCUT2D eigenvalue weighted by Crippen LogP contribution is 2.15. The molecule has 6 heteroatoms. The van der Waals surface area contributed by atoms with Crippen molar-refractivity contribution in [2.45, 2.75) is 13.2 Å². The Hall–Kier alpha value is -0.720. The van der Waals surface area contributed by atoms with Crippen molar-refractivity contribution in [3.63, 3.8) is 0 Å². The Morgan fingerprint density at radius 2 is 2.20 bits per heavy atom. The summed E-state index contributed by atoms with van der Waals surface area (Å²) in [5.41, 5.74) is 6.42. The van der Waals surface area contributed by atoms with Gasteiger partial charge in [0.05, 0.1) is 0 Å². The molecule has 15 heavy (non-hydrogen) atoms. The van der Waals surface area contributed by atoms with E-state index in [2.05, 4.69) is 9.89 Å². The topological polar surface area (TPSA) is 65.1 Å². The highest BCUT2D eigenvalue weighted by Gasteiger charge is 2.21. The first-order chi connectivity index (χ1) is 7.18. The van der Waals surface area contributed by atoms with Gasteiger partial charge in [0.1, 0.15) is 5.84 Å². The molecule has 2 aliphatic rings. The molecule has 0 aromatic heterocycles. The number of amidine groups is 1. The molecule has 5 nitrogen and oxygen atoms in total. The van der Waals surface area contributed by atoms with E-state index in [0.717, 1.165) is 41.2 Å². The maximum atomic E-state index is 9.47. The number of rotatable bonds is 0. The second kappa shape index (κ2) is 4.42. The van der Waals surface area contributed by atoms with Crippen molar-refractivity contribution in [1.29, 1.82) is 0 Å². The van der Waals surface area contributed by atoms with Crippen LogP contribution in [0.3, 0.4) is 0 Å². The third-order valence-corrected chi connectivity index (χ3v) is 3.49. The summed E-state index contributed by atoms with van der Waals surface area (Å²) in [6, 6.07) is 0. The zero-order valence-electron chi connectivity index (χ0n) is 8.76. The van der Waals surface area contributed by atoms with Crippen LogP contribution in [-0.4, -0.2) is 51.9 Å². The van der Waals surface area contributed by atoms with Crippen molar-refractivity contribution in [2.75, 3.05) is 24.6 Å². The van der Waals surface area contributed by atoms with Gasteiger partial charge in [0, 0.05) is 36.4 Å². The molecule has 0 amide bonds. The van der Waals surface area contributed by atoms with Gasteiger partial charge in [0.25, 0.3) is 0 Å². The first-order valence-corrected chi connectivity index (χ1v) is 6.16. The van der Waals surface area contributed by atoms with Crippen molar-refractivity contribution in [2.24, 2.45) is 10.7 Å². The normalized spacial score (nSPS) is 27.5. The number of allylic oxidation sites excluding steroid dienone is 1. The Morgan fingerprint density at radius 1 is 1.53 bits per heavy atom. The smallest absolute Gasteiger partial charge is 0.198 e. The molecule has 0 aromatic carbocycles. The first-order valence-electron chi connectivity index (χ1n) is 5.01. The quantitative estimate of drug-likeness (QED) is 0.623. The summed E-state index contributed by atoms with van der Waals surface area (Å²) in [5, 5.41) is 10.5. The molecule has 0 radical (unpaired) electrons. The predicted molar refractivity (Wildman–Crippen MR) is 61.7 cm³/mol. The van der Waals surface area contributed by atoms with Crippen molar-refractivity contribution in [1.82, 2.24) is 9.96 Å². The highest BCUT2D eigenvalue weighted by atomic mass is 32.2. The van der Waals surface area contributed by atoms with Crippen molar-refractivity contribution >= 4 is 17.6 Å². The van der Waals surface area contributed by atoms with Crippen LogP contribution in [0.1, 0.15) is 6.92 Å². The summed E-state index contributed by atoms with van der Waals surface area (Å²) in [6.07, 6.45) is 1.21. The van der Waals surface area contributed by atoms with Crippen molar-refractivity contribution in [3.8, 4) is 0 Å². The molecule has 3 N–H and O–H groups in total. The molecule has 1 atom stereocenters. The number of hydrogen-bond acceptors (Lipinski definition) is 6. The molecule has 2 heterocycles. The number of nitrogens with two attached hydrogens (primary N) is 1. The second-order valence-electron chi connectivity index (χ2n) is 3.63. The maximum Gasteiger partial charge on any atom is 0.198 e. The third kappa shape index (κ3) is 2.27. The molecular formula is C9H16N4OS.